The molecule has 0 fully saturated rings. The van der Waals surface area contributed by atoms with Gasteiger partial charge in [0.15, 0.2) is 0 Å². The fraction of sp³-hybridized carbons (Fsp3) is 0.278. The van der Waals surface area contributed by atoms with Crippen molar-refractivity contribution in [1.82, 2.24) is 10.2 Å². The van der Waals surface area contributed by atoms with Crippen molar-refractivity contribution in [2.24, 2.45) is 5.73 Å². The van der Waals surface area contributed by atoms with Gasteiger partial charge in [-0.15, -0.1) is 5.10 Å². The number of rotatable bonds is 4. The number of esters is 1. The monoisotopic (exact) mass is 338 g/mol. The van der Waals surface area contributed by atoms with Crippen LogP contribution in [0.1, 0.15) is 46.4 Å². The van der Waals surface area contributed by atoms with Crippen LogP contribution >= 0.6 is 0 Å². The van der Waals surface area contributed by atoms with Crippen molar-refractivity contribution < 1.29 is 14.3 Å². The van der Waals surface area contributed by atoms with Crippen LogP contribution < -0.4 is 10.5 Å². The fourth-order valence-corrected chi connectivity index (χ4v) is 3.01. The zero-order valence-electron chi connectivity index (χ0n) is 14.0. The van der Waals surface area contributed by atoms with E-state index >= 15 is 0 Å². The van der Waals surface area contributed by atoms with Crippen LogP contribution in [0, 0.1) is 11.3 Å². The van der Waals surface area contributed by atoms with Gasteiger partial charge in [-0.05, 0) is 24.1 Å². The highest BCUT2D eigenvalue weighted by Crippen LogP contribution is 2.43. The number of methoxy groups -OCH3 is 1. The van der Waals surface area contributed by atoms with Gasteiger partial charge in [0.05, 0.1) is 18.6 Å². The van der Waals surface area contributed by atoms with Crippen molar-refractivity contribution in [2.75, 3.05) is 7.11 Å². The molecule has 7 nitrogen and oxygen atoms in total. The Bertz CT molecular complexity index is 875. The molecule has 0 unspecified atom stereocenters. The summed E-state index contributed by atoms with van der Waals surface area (Å²) in [5.74, 6) is -0.362. The summed E-state index contributed by atoms with van der Waals surface area (Å²) < 4.78 is 10.2. The van der Waals surface area contributed by atoms with Crippen LogP contribution in [-0.4, -0.2) is 23.3 Å². The van der Waals surface area contributed by atoms with Crippen molar-refractivity contribution in [3.05, 3.63) is 58.1 Å². The van der Waals surface area contributed by atoms with Crippen LogP contribution in [-0.2, 0) is 11.2 Å². The van der Waals surface area contributed by atoms with Crippen LogP contribution in [0.25, 0.3) is 0 Å². The second kappa shape index (κ2) is 6.69. The minimum atomic E-state index is -0.412. The normalized spacial score (nSPS) is 16.0. The molecule has 128 valence electrons. The van der Waals surface area contributed by atoms with E-state index in [1.165, 1.54) is 7.11 Å². The summed E-state index contributed by atoms with van der Waals surface area (Å²) in [6.45, 7) is 2.06. The quantitative estimate of drug-likeness (QED) is 0.827. The molecule has 1 atom stereocenters. The molecule has 0 aliphatic carbocycles. The van der Waals surface area contributed by atoms with Gasteiger partial charge in [0.1, 0.15) is 11.6 Å². The number of carbonyl (C=O) groups excluding carboxylic acids is 1. The first-order chi connectivity index (χ1) is 12.1. The topological polar surface area (TPSA) is 114 Å². The van der Waals surface area contributed by atoms with Gasteiger partial charge in [-0.1, -0.05) is 25.5 Å². The van der Waals surface area contributed by atoms with E-state index in [9.17, 15) is 10.1 Å². The maximum Gasteiger partial charge on any atom is 0.337 e. The highest BCUT2D eigenvalue weighted by molar-refractivity contribution is 5.89. The summed E-state index contributed by atoms with van der Waals surface area (Å²) in [4.78, 5) is 11.6. The second-order valence-electron chi connectivity index (χ2n) is 5.71. The number of hydrogen-bond acceptors (Lipinski definition) is 6. The van der Waals surface area contributed by atoms with Crippen molar-refractivity contribution in [3.63, 3.8) is 0 Å². The van der Waals surface area contributed by atoms with Crippen molar-refractivity contribution >= 4 is 5.97 Å². The summed E-state index contributed by atoms with van der Waals surface area (Å²) in [5, 5.41) is 16.7. The molecule has 0 saturated heterocycles. The van der Waals surface area contributed by atoms with Crippen LogP contribution in [0.3, 0.4) is 0 Å². The van der Waals surface area contributed by atoms with E-state index < -0.39 is 5.97 Å². The molecule has 0 amide bonds. The van der Waals surface area contributed by atoms with Gasteiger partial charge in [-0.25, -0.2) is 4.79 Å². The van der Waals surface area contributed by atoms with Gasteiger partial charge in [0.2, 0.25) is 11.8 Å². The minimum absolute atomic E-state index is 0.0478. The number of hydrogen-bond donors (Lipinski definition) is 2. The van der Waals surface area contributed by atoms with Crippen LogP contribution in [0.5, 0.6) is 5.88 Å². The number of H-pyrrole nitrogens is 1. The molecule has 3 N–H and O–H groups in total. The van der Waals surface area contributed by atoms with E-state index in [1.807, 2.05) is 0 Å². The second-order valence-corrected chi connectivity index (χ2v) is 5.71. The summed E-state index contributed by atoms with van der Waals surface area (Å²) in [6, 6.07) is 9.06. The van der Waals surface area contributed by atoms with Crippen molar-refractivity contribution in [3.8, 4) is 11.9 Å². The van der Waals surface area contributed by atoms with E-state index in [4.69, 9.17) is 15.2 Å². The lowest BCUT2D eigenvalue weighted by molar-refractivity contribution is 0.0600. The molecule has 1 aromatic heterocycles. The SMILES string of the molecule is CCCc1[nH]nc2c1[C@@H](c1ccc(C(=O)OC)cc1)C(C#N)=C(N)O2. The first-order valence-corrected chi connectivity index (χ1v) is 7.93. The molecule has 0 saturated carbocycles. The summed E-state index contributed by atoms with van der Waals surface area (Å²) >= 11 is 0. The Hall–Kier alpha value is -3.27. The van der Waals surface area contributed by atoms with Gasteiger partial charge >= 0.3 is 5.97 Å². The van der Waals surface area contributed by atoms with Crippen LogP contribution in [0.4, 0.5) is 0 Å². The molecule has 0 radical (unpaired) electrons. The first-order valence-electron chi connectivity index (χ1n) is 7.93. The molecule has 2 aromatic rings. The van der Waals surface area contributed by atoms with Gasteiger partial charge in [-0.3, -0.25) is 5.10 Å². The first kappa shape index (κ1) is 16.6. The Morgan fingerprint density at radius 1 is 1.44 bits per heavy atom. The van der Waals surface area contributed by atoms with Crippen LogP contribution in [0.2, 0.25) is 0 Å². The zero-order chi connectivity index (χ0) is 18.0. The van der Waals surface area contributed by atoms with Gasteiger partial charge in [0, 0.05) is 11.3 Å². The molecule has 2 heterocycles. The Morgan fingerprint density at radius 2 is 2.16 bits per heavy atom. The van der Waals surface area contributed by atoms with E-state index in [2.05, 4.69) is 23.2 Å². The Labute approximate surface area is 145 Å². The number of aryl methyl sites for hydroxylation is 1. The third kappa shape index (κ3) is 2.83. The largest absolute Gasteiger partial charge is 0.465 e. The Morgan fingerprint density at radius 3 is 2.76 bits per heavy atom. The van der Waals surface area contributed by atoms with Gasteiger partial charge in [-0.2, -0.15) is 5.26 Å². The third-order valence-corrected chi connectivity index (χ3v) is 4.18. The fourth-order valence-electron chi connectivity index (χ4n) is 3.01. The number of aromatic amines is 1. The lowest BCUT2D eigenvalue weighted by atomic mass is 9.83. The maximum atomic E-state index is 11.6. The summed E-state index contributed by atoms with van der Waals surface area (Å²) in [5.41, 5.74) is 9.26. The summed E-state index contributed by atoms with van der Waals surface area (Å²) in [7, 11) is 1.33. The number of benzene rings is 1. The van der Waals surface area contributed by atoms with E-state index in [1.54, 1.807) is 24.3 Å². The maximum absolute atomic E-state index is 11.6. The van der Waals surface area contributed by atoms with Gasteiger partial charge < -0.3 is 15.2 Å². The molecule has 25 heavy (non-hydrogen) atoms. The van der Waals surface area contributed by atoms with E-state index in [0.717, 1.165) is 29.7 Å². The Balaban J connectivity index is 2.11. The van der Waals surface area contributed by atoms with Gasteiger partial charge in [0.25, 0.3) is 0 Å². The number of aromatic nitrogens is 2. The van der Waals surface area contributed by atoms with E-state index in [0.29, 0.717) is 17.0 Å². The average Bonchev–Trinajstić information content (AvgIpc) is 3.02. The molecular formula is C18H18N4O3. The molecule has 7 heteroatoms. The highest BCUT2D eigenvalue weighted by Gasteiger charge is 2.34. The predicted molar refractivity (Wildman–Crippen MR) is 89.7 cm³/mol. The zero-order valence-corrected chi connectivity index (χ0v) is 14.0. The predicted octanol–water partition coefficient (Wildman–Crippen LogP) is 2.37. The average molecular weight is 338 g/mol. The van der Waals surface area contributed by atoms with Crippen LogP contribution in [0.15, 0.2) is 35.7 Å². The lowest BCUT2D eigenvalue weighted by Crippen LogP contribution is -2.21. The number of carbonyl (C=O) groups is 1. The van der Waals surface area contributed by atoms with Crippen molar-refractivity contribution in [2.45, 2.75) is 25.7 Å². The minimum Gasteiger partial charge on any atom is -0.465 e. The third-order valence-electron chi connectivity index (χ3n) is 4.18. The molecule has 3 rings (SSSR count). The molecule has 1 aliphatic rings. The molecular weight excluding hydrogens is 320 g/mol. The number of nitrogens with one attached hydrogen (secondary N) is 1. The number of fused-ring (bicyclic) bond motifs is 1. The number of nitrogens with zero attached hydrogens (tertiary/aromatic N) is 2. The molecule has 0 bridgehead atoms. The molecule has 1 aromatic carbocycles. The molecule has 1 aliphatic heterocycles. The highest BCUT2D eigenvalue weighted by atomic mass is 16.5. The van der Waals surface area contributed by atoms with E-state index in [-0.39, 0.29) is 11.8 Å². The number of nitrogens with two attached hydrogens (primary N) is 1. The summed E-state index contributed by atoms with van der Waals surface area (Å²) in [6.07, 6.45) is 1.70. The van der Waals surface area contributed by atoms with Crippen molar-refractivity contribution in [1.29, 1.82) is 5.26 Å². The smallest absolute Gasteiger partial charge is 0.337 e. The lowest BCUT2D eigenvalue weighted by Gasteiger charge is -2.24. The number of allylic oxidation sites excluding steroid dienone is 1. The molecule has 0 spiro atoms. The standard InChI is InChI=1S/C18H18N4O3/c1-3-4-13-15-14(10-5-7-11(8-6-10)18(23)24-2)12(9-19)16(20)25-17(15)22-21-13/h5-8,14H,3-4,20H2,1-2H3,(H,21,22)/t14-/m0/s1. The number of nitriles is 1. The Kier molecular flexibility index (Phi) is 4.44. The number of ether oxygens (including phenoxy) is 2.